The summed E-state index contributed by atoms with van der Waals surface area (Å²) in [7, 11) is 0. The monoisotopic (exact) mass is 173 g/mol. The quantitative estimate of drug-likeness (QED) is 0.505. The lowest BCUT2D eigenvalue weighted by Crippen LogP contribution is -2.17. The molecule has 0 bridgehead atoms. The minimum Gasteiger partial charge on any atom is -0.399 e. The molecule has 0 heterocycles. The normalized spacial score (nSPS) is 9.40. The van der Waals surface area contributed by atoms with Gasteiger partial charge in [-0.25, -0.2) is 0 Å². The van der Waals surface area contributed by atoms with E-state index < -0.39 is 5.54 Å². The molecule has 0 aliphatic rings. The molecule has 0 saturated carbocycles. The van der Waals surface area contributed by atoms with Gasteiger partial charge in [0.1, 0.15) is 0 Å². The Morgan fingerprint density at radius 1 is 1.10 bits per heavy atom. The molecule has 10 heavy (non-hydrogen) atoms. The number of nitrogens with two attached hydrogens (primary N) is 1. The molecular formula is C6H6BCl2N. The summed E-state index contributed by atoms with van der Waals surface area (Å²) >= 11 is 11.2. The molecule has 0 spiro atoms. The summed E-state index contributed by atoms with van der Waals surface area (Å²) in [6.45, 7) is 0. The van der Waals surface area contributed by atoms with Gasteiger partial charge in [0.15, 0.2) is 0 Å². The largest absolute Gasteiger partial charge is 0.399 e. The van der Waals surface area contributed by atoms with E-state index in [2.05, 4.69) is 0 Å². The van der Waals surface area contributed by atoms with Crippen LogP contribution in [0.1, 0.15) is 0 Å². The van der Waals surface area contributed by atoms with Gasteiger partial charge in [-0.05, 0) is 17.6 Å². The predicted molar refractivity (Wildman–Crippen MR) is 47.9 cm³/mol. The van der Waals surface area contributed by atoms with E-state index in [0.717, 1.165) is 11.2 Å². The maximum atomic E-state index is 5.58. The van der Waals surface area contributed by atoms with E-state index in [9.17, 15) is 0 Å². The molecular weight excluding hydrogens is 168 g/mol. The summed E-state index contributed by atoms with van der Waals surface area (Å²) in [6, 6.07) is 7.15. The Bertz CT molecular complexity index is 209. The standard InChI is InChI=1S/C6H6BCl2N/c8-7(9)5-1-3-6(10)4-2-5/h1-4H,10H2. The van der Waals surface area contributed by atoms with Crippen LogP contribution in [0.3, 0.4) is 0 Å². The summed E-state index contributed by atoms with van der Waals surface area (Å²) in [5, 5.41) is 0. The highest BCUT2D eigenvalue weighted by molar-refractivity contribution is 7.39. The lowest BCUT2D eigenvalue weighted by atomic mass is 9.93. The number of nitrogen functional groups attached to an aromatic ring is 1. The molecule has 4 heteroatoms. The van der Waals surface area contributed by atoms with Crippen molar-refractivity contribution < 1.29 is 0 Å². The highest BCUT2D eigenvalue weighted by Gasteiger charge is 2.07. The lowest BCUT2D eigenvalue weighted by molar-refractivity contribution is 1.73. The van der Waals surface area contributed by atoms with Crippen LogP contribution in [-0.2, 0) is 0 Å². The third-order valence-corrected chi connectivity index (χ3v) is 1.69. The summed E-state index contributed by atoms with van der Waals surface area (Å²) in [4.78, 5) is 0. The zero-order valence-electron chi connectivity index (χ0n) is 5.22. The van der Waals surface area contributed by atoms with Gasteiger partial charge in [0.25, 0.3) is 0 Å². The molecule has 0 radical (unpaired) electrons. The van der Waals surface area contributed by atoms with Crippen LogP contribution in [-0.4, -0.2) is 5.54 Å². The molecule has 0 aromatic heterocycles. The van der Waals surface area contributed by atoms with Crippen molar-refractivity contribution in [2.45, 2.75) is 0 Å². The molecule has 0 atom stereocenters. The first-order valence-corrected chi connectivity index (χ1v) is 3.71. The van der Waals surface area contributed by atoms with Crippen molar-refractivity contribution in [1.29, 1.82) is 0 Å². The Labute approximate surface area is 70.0 Å². The Hall–Kier alpha value is -0.335. The molecule has 0 aliphatic heterocycles. The van der Waals surface area contributed by atoms with Crippen molar-refractivity contribution in [2.24, 2.45) is 0 Å². The summed E-state index contributed by atoms with van der Waals surface area (Å²) in [6.07, 6.45) is 0. The van der Waals surface area contributed by atoms with Gasteiger partial charge in [0.05, 0.1) is 0 Å². The Balaban J connectivity index is 2.89. The number of anilines is 1. The highest BCUT2D eigenvalue weighted by Crippen LogP contribution is 2.01. The molecule has 52 valence electrons. The first kappa shape index (κ1) is 7.77. The summed E-state index contributed by atoms with van der Waals surface area (Å²) < 4.78 is 0. The van der Waals surface area contributed by atoms with E-state index in [0.29, 0.717) is 0 Å². The minimum absolute atomic E-state index is 0.458. The van der Waals surface area contributed by atoms with Crippen molar-refractivity contribution >= 4 is 39.6 Å². The van der Waals surface area contributed by atoms with E-state index >= 15 is 0 Å². The van der Waals surface area contributed by atoms with Crippen molar-refractivity contribution in [1.82, 2.24) is 0 Å². The molecule has 1 aromatic carbocycles. The molecule has 0 unspecified atom stereocenters. The second-order valence-corrected chi connectivity index (χ2v) is 3.06. The number of rotatable bonds is 1. The molecule has 0 amide bonds. The van der Waals surface area contributed by atoms with Gasteiger partial charge in [-0.2, -0.15) is 22.9 Å². The first-order chi connectivity index (χ1) is 4.70. The van der Waals surface area contributed by atoms with Gasteiger partial charge in [-0.3, -0.25) is 0 Å². The topological polar surface area (TPSA) is 26.0 Å². The van der Waals surface area contributed by atoms with Gasteiger partial charge in [-0.1, -0.05) is 12.1 Å². The fourth-order valence-corrected chi connectivity index (χ4v) is 0.932. The average Bonchev–Trinajstić information content (AvgIpc) is 1.88. The Kier molecular flexibility index (Phi) is 2.47. The SMILES string of the molecule is Nc1ccc(B(Cl)Cl)cc1. The average molecular weight is 174 g/mol. The predicted octanol–water partition coefficient (Wildman–Crippen LogP) is 1.44. The maximum absolute atomic E-state index is 5.58. The van der Waals surface area contributed by atoms with Crippen molar-refractivity contribution in [3.63, 3.8) is 0 Å². The van der Waals surface area contributed by atoms with Crippen molar-refractivity contribution in [3.8, 4) is 0 Å². The van der Waals surface area contributed by atoms with E-state index in [1.54, 1.807) is 24.3 Å². The number of hydrogen-bond acceptors (Lipinski definition) is 1. The third kappa shape index (κ3) is 1.82. The second-order valence-electron chi connectivity index (χ2n) is 1.97. The highest BCUT2D eigenvalue weighted by atomic mass is 35.5. The summed E-state index contributed by atoms with van der Waals surface area (Å²) in [5.41, 5.74) is 6.58. The molecule has 0 fully saturated rings. The zero-order chi connectivity index (χ0) is 7.56. The van der Waals surface area contributed by atoms with Crippen LogP contribution in [0.2, 0.25) is 0 Å². The molecule has 0 aliphatic carbocycles. The van der Waals surface area contributed by atoms with E-state index in [-0.39, 0.29) is 0 Å². The first-order valence-electron chi connectivity index (χ1n) is 2.84. The lowest BCUT2D eigenvalue weighted by Gasteiger charge is -1.96. The number of benzene rings is 1. The van der Waals surface area contributed by atoms with Gasteiger partial charge in [0.2, 0.25) is 0 Å². The number of halogens is 2. The second kappa shape index (κ2) is 3.17. The smallest absolute Gasteiger partial charge is 0.382 e. The third-order valence-electron chi connectivity index (χ3n) is 1.19. The Morgan fingerprint density at radius 2 is 1.60 bits per heavy atom. The van der Waals surface area contributed by atoms with Crippen LogP contribution in [0, 0.1) is 0 Å². The summed E-state index contributed by atoms with van der Waals surface area (Å²) in [5.74, 6) is 0. The van der Waals surface area contributed by atoms with Gasteiger partial charge in [0, 0.05) is 5.69 Å². The van der Waals surface area contributed by atoms with E-state index in [1.807, 2.05) is 0 Å². The van der Waals surface area contributed by atoms with Crippen LogP contribution >= 0.6 is 22.9 Å². The van der Waals surface area contributed by atoms with Crippen LogP contribution in [0.5, 0.6) is 0 Å². The molecule has 1 nitrogen and oxygen atoms in total. The van der Waals surface area contributed by atoms with Crippen molar-refractivity contribution in [2.75, 3.05) is 5.73 Å². The van der Waals surface area contributed by atoms with Gasteiger partial charge >= 0.3 is 5.54 Å². The van der Waals surface area contributed by atoms with Crippen LogP contribution in [0.25, 0.3) is 0 Å². The molecule has 0 saturated heterocycles. The van der Waals surface area contributed by atoms with Crippen LogP contribution in [0.4, 0.5) is 5.69 Å². The minimum atomic E-state index is -0.458. The maximum Gasteiger partial charge on any atom is 0.382 e. The van der Waals surface area contributed by atoms with Crippen LogP contribution < -0.4 is 11.2 Å². The fourth-order valence-electron chi connectivity index (χ4n) is 0.641. The van der Waals surface area contributed by atoms with Crippen LogP contribution in [0.15, 0.2) is 24.3 Å². The zero-order valence-corrected chi connectivity index (χ0v) is 6.73. The molecule has 1 aromatic rings. The molecule has 1 rings (SSSR count). The van der Waals surface area contributed by atoms with Gasteiger partial charge in [-0.15, -0.1) is 0 Å². The molecule has 2 N–H and O–H groups in total. The van der Waals surface area contributed by atoms with Gasteiger partial charge < -0.3 is 5.73 Å². The van der Waals surface area contributed by atoms with E-state index in [1.165, 1.54) is 0 Å². The number of hydrogen-bond donors (Lipinski definition) is 1. The van der Waals surface area contributed by atoms with E-state index in [4.69, 9.17) is 28.7 Å². The Morgan fingerprint density at radius 3 is 2.00 bits per heavy atom. The van der Waals surface area contributed by atoms with Crippen molar-refractivity contribution in [3.05, 3.63) is 24.3 Å². The fraction of sp³-hybridized carbons (Fsp3) is 0.